The number of ether oxygens (including phenoxy) is 2. The predicted octanol–water partition coefficient (Wildman–Crippen LogP) is 5.71. The number of hydrogen-bond acceptors (Lipinski definition) is 6. The third-order valence-corrected chi connectivity index (χ3v) is 6.51. The molecule has 2 aliphatic rings. The lowest BCUT2D eigenvalue weighted by atomic mass is 9.86. The van der Waals surface area contributed by atoms with Crippen molar-refractivity contribution in [1.82, 2.24) is 9.80 Å². The Morgan fingerprint density at radius 1 is 1.09 bits per heavy atom. The van der Waals surface area contributed by atoms with Gasteiger partial charge in [-0.05, 0) is 77.8 Å². The SMILES string of the molecule is CC(=N)N(/C=C(\C)O[C@@H]1CC[C@H](N)c2ccccc21)C(=N)C1CCCN(C(=O)OC(C)(C)C)CC1. The number of allylic oxidation sites excluding steroid dienone is 1. The largest absolute Gasteiger partial charge is 0.489 e. The highest BCUT2D eigenvalue weighted by atomic mass is 16.6. The number of amides is 1. The molecular weight excluding hydrogens is 442 g/mol. The number of likely N-dealkylation sites (tertiary alicyclic amines) is 1. The number of hydrogen-bond donors (Lipinski definition) is 3. The minimum absolute atomic E-state index is 0.0271. The fraction of sp³-hybridized carbons (Fsp3) is 0.593. The molecule has 1 amide bonds. The molecule has 1 unspecified atom stereocenters. The Morgan fingerprint density at radius 2 is 1.77 bits per heavy atom. The van der Waals surface area contributed by atoms with Crippen molar-refractivity contribution in [3.63, 3.8) is 0 Å². The third-order valence-electron chi connectivity index (χ3n) is 6.51. The van der Waals surface area contributed by atoms with E-state index in [1.807, 2.05) is 39.8 Å². The number of nitrogens with one attached hydrogen (secondary N) is 2. The van der Waals surface area contributed by atoms with Crippen LogP contribution in [0.15, 0.2) is 36.2 Å². The van der Waals surface area contributed by atoms with E-state index in [9.17, 15) is 4.79 Å². The number of amidine groups is 2. The van der Waals surface area contributed by atoms with E-state index in [1.54, 1.807) is 22.9 Å². The summed E-state index contributed by atoms with van der Waals surface area (Å²) in [7, 11) is 0. The Hall–Kier alpha value is -2.87. The molecule has 1 heterocycles. The Bertz CT molecular complexity index is 968. The van der Waals surface area contributed by atoms with Gasteiger partial charge in [-0.25, -0.2) is 4.79 Å². The van der Waals surface area contributed by atoms with Gasteiger partial charge in [0, 0.05) is 31.2 Å². The predicted molar refractivity (Wildman–Crippen MR) is 138 cm³/mol. The lowest BCUT2D eigenvalue weighted by Crippen LogP contribution is -2.38. The summed E-state index contributed by atoms with van der Waals surface area (Å²) >= 11 is 0. The van der Waals surface area contributed by atoms with Crippen LogP contribution in [0.25, 0.3) is 0 Å². The van der Waals surface area contributed by atoms with Gasteiger partial charge in [0.15, 0.2) is 0 Å². The van der Waals surface area contributed by atoms with E-state index in [0.717, 1.165) is 36.8 Å². The van der Waals surface area contributed by atoms with Crippen molar-refractivity contribution in [2.75, 3.05) is 13.1 Å². The van der Waals surface area contributed by atoms with Crippen LogP contribution in [0.5, 0.6) is 0 Å². The standard InChI is InChI=1S/C27H41N5O3/c1-18(34-24-13-12-23(29)21-10-6-7-11-22(21)24)17-32(19(2)28)25(30)20-9-8-15-31(16-14-20)26(33)35-27(3,4)5/h6-7,10-11,17,20,23-24,28,30H,8-9,12-16,29H2,1-5H3/b18-17+,28-19?,30-25?/t20?,23-,24+/m0/s1. The lowest BCUT2D eigenvalue weighted by Gasteiger charge is -2.31. The smallest absolute Gasteiger partial charge is 0.410 e. The molecule has 0 aromatic heterocycles. The van der Waals surface area contributed by atoms with Gasteiger partial charge in [0.05, 0.1) is 0 Å². The van der Waals surface area contributed by atoms with Crippen LogP contribution in [-0.2, 0) is 9.47 Å². The zero-order valence-electron chi connectivity index (χ0n) is 21.8. The van der Waals surface area contributed by atoms with E-state index in [4.69, 9.17) is 26.0 Å². The number of benzene rings is 1. The number of nitrogens with zero attached hydrogens (tertiary/aromatic N) is 2. The van der Waals surface area contributed by atoms with Crippen molar-refractivity contribution in [2.24, 2.45) is 11.7 Å². The van der Waals surface area contributed by atoms with Crippen LogP contribution in [0.2, 0.25) is 0 Å². The van der Waals surface area contributed by atoms with Gasteiger partial charge in [0.25, 0.3) is 0 Å². The van der Waals surface area contributed by atoms with E-state index in [1.165, 1.54) is 0 Å². The van der Waals surface area contributed by atoms with Crippen molar-refractivity contribution >= 4 is 17.8 Å². The van der Waals surface area contributed by atoms with Gasteiger partial charge in [-0.2, -0.15) is 0 Å². The molecule has 0 spiro atoms. The van der Waals surface area contributed by atoms with Crippen LogP contribution in [0.1, 0.15) is 90.0 Å². The molecule has 0 saturated carbocycles. The summed E-state index contributed by atoms with van der Waals surface area (Å²) in [6.07, 6.45) is 5.26. The molecule has 1 saturated heterocycles. The summed E-state index contributed by atoms with van der Waals surface area (Å²) in [6, 6.07) is 8.16. The quantitative estimate of drug-likeness (QED) is 0.288. The van der Waals surface area contributed by atoms with Crippen molar-refractivity contribution < 1.29 is 14.3 Å². The van der Waals surface area contributed by atoms with Crippen LogP contribution in [0.3, 0.4) is 0 Å². The molecular formula is C27H41N5O3. The molecule has 8 heteroatoms. The maximum atomic E-state index is 12.5. The zero-order chi connectivity index (χ0) is 25.8. The third kappa shape index (κ3) is 7.07. The maximum Gasteiger partial charge on any atom is 0.410 e. The number of rotatable bonds is 4. The van der Waals surface area contributed by atoms with Crippen molar-refractivity contribution in [3.05, 3.63) is 47.4 Å². The summed E-state index contributed by atoms with van der Waals surface area (Å²) in [6.45, 7) is 10.3. The zero-order valence-corrected chi connectivity index (χ0v) is 21.8. The molecule has 8 nitrogen and oxygen atoms in total. The molecule has 1 aliphatic carbocycles. The number of carbonyl (C=O) groups excluding carboxylic acids is 1. The first kappa shape index (κ1) is 26.7. The van der Waals surface area contributed by atoms with Crippen molar-refractivity contribution in [2.45, 2.75) is 84.5 Å². The van der Waals surface area contributed by atoms with Crippen molar-refractivity contribution in [3.8, 4) is 0 Å². The minimum Gasteiger partial charge on any atom is -0.489 e. The summed E-state index contributed by atoms with van der Waals surface area (Å²) < 4.78 is 11.8. The summed E-state index contributed by atoms with van der Waals surface area (Å²) in [5.41, 5.74) is 7.99. The second kappa shape index (κ2) is 11.2. The minimum atomic E-state index is -0.532. The van der Waals surface area contributed by atoms with Gasteiger partial charge >= 0.3 is 6.09 Å². The van der Waals surface area contributed by atoms with Gasteiger partial charge in [0.1, 0.15) is 29.1 Å². The summed E-state index contributed by atoms with van der Waals surface area (Å²) in [5.74, 6) is 1.22. The molecule has 1 fully saturated rings. The van der Waals surface area contributed by atoms with E-state index < -0.39 is 5.60 Å². The van der Waals surface area contributed by atoms with Gasteiger partial charge in [-0.15, -0.1) is 0 Å². The van der Waals surface area contributed by atoms with Gasteiger partial charge < -0.3 is 20.1 Å². The fourth-order valence-corrected chi connectivity index (χ4v) is 4.77. The van der Waals surface area contributed by atoms with Crippen LogP contribution < -0.4 is 5.73 Å². The first-order valence-electron chi connectivity index (χ1n) is 12.6. The van der Waals surface area contributed by atoms with Gasteiger partial charge in [0.2, 0.25) is 0 Å². The highest BCUT2D eigenvalue weighted by Gasteiger charge is 2.29. The average Bonchev–Trinajstić information content (AvgIpc) is 3.04. The maximum absolute atomic E-state index is 12.5. The molecule has 192 valence electrons. The number of nitrogens with two attached hydrogens (primary N) is 1. The van der Waals surface area contributed by atoms with Gasteiger partial charge in [-0.1, -0.05) is 24.3 Å². The summed E-state index contributed by atoms with van der Waals surface area (Å²) in [5, 5.41) is 17.2. The Balaban J connectivity index is 1.67. The number of fused-ring (bicyclic) bond motifs is 1. The second-order valence-electron chi connectivity index (χ2n) is 10.6. The topological polar surface area (TPSA) is 116 Å². The Kier molecular flexibility index (Phi) is 8.59. The van der Waals surface area contributed by atoms with Crippen molar-refractivity contribution in [1.29, 1.82) is 10.8 Å². The van der Waals surface area contributed by atoms with E-state index in [0.29, 0.717) is 31.1 Å². The van der Waals surface area contributed by atoms with Crippen LogP contribution in [0.4, 0.5) is 4.79 Å². The van der Waals surface area contributed by atoms with Crippen LogP contribution >= 0.6 is 0 Å². The highest BCUT2D eigenvalue weighted by molar-refractivity contribution is 5.99. The first-order valence-corrected chi connectivity index (χ1v) is 12.6. The van der Waals surface area contributed by atoms with Crippen LogP contribution in [0, 0.1) is 16.7 Å². The molecule has 1 aromatic rings. The Labute approximate surface area is 209 Å². The molecule has 1 aliphatic heterocycles. The Morgan fingerprint density at radius 3 is 2.43 bits per heavy atom. The molecule has 0 bridgehead atoms. The molecule has 3 atom stereocenters. The van der Waals surface area contributed by atoms with E-state index in [2.05, 4.69) is 12.1 Å². The monoisotopic (exact) mass is 483 g/mol. The number of carbonyl (C=O) groups is 1. The fourth-order valence-electron chi connectivity index (χ4n) is 4.77. The highest BCUT2D eigenvalue weighted by Crippen LogP contribution is 2.38. The molecule has 3 rings (SSSR count). The van der Waals surface area contributed by atoms with Gasteiger partial charge in [-0.3, -0.25) is 15.7 Å². The normalized spacial score (nSPS) is 23.1. The first-order chi connectivity index (χ1) is 16.5. The van der Waals surface area contributed by atoms with Crippen LogP contribution in [-0.4, -0.2) is 46.3 Å². The van der Waals surface area contributed by atoms with E-state index >= 15 is 0 Å². The molecule has 35 heavy (non-hydrogen) atoms. The average molecular weight is 484 g/mol. The second-order valence-corrected chi connectivity index (χ2v) is 10.6. The molecule has 0 radical (unpaired) electrons. The lowest BCUT2D eigenvalue weighted by molar-refractivity contribution is 0.0256. The van der Waals surface area contributed by atoms with E-state index in [-0.39, 0.29) is 30.0 Å². The molecule has 4 N–H and O–H groups in total. The summed E-state index contributed by atoms with van der Waals surface area (Å²) in [4.78, 5) is 15.8. The molecule has 1 aromatic carbocycles.